The Hall–Kier alpha value is -1.94. The van der Waals surface area contributed by atoms with E-state index in [2.05, 4.69) is 20.4 Å². The predicted octanol–water partition coefficient (Wildman–Crippen LogP) is 0.809. The molecule has 1 fully saturated rings. The number of unbranched alkanes of at least 4 members (excludes halogenated alkanes) is 1. The van der Waals surface area contributed by atoms with Gasteiger partial charge in [0.2, 0.25) is 16.0 Å². The Labute approximate surface area is 147 Å². The topological polar surface area (TPSA) is 119 Å². The summed E-state index contributed by atoms with van der Waals surface area (Å²) in [5.74, 6) is 1.31. The van der Waals surface area contributed by atoms with Crippen LogP contribution in [0.3, 0.4) is 0 Å². The largest absolute Gasteiger partial charge is 0.383 e. The Morgan fingerprint density at radius 1 is 1.40 bits per heavy atom. The van der Waals surface area contributed by atoms with E-state index >= 15 is 0 Å². The zero-order valence-electron chi connectivity index (χ0n) is 14.6. The van der Waals surface area contributed by atoms with Crippen LogP contribution in [0.1, 0.15) is 26.2 Å². The molecule has 0 saturated carbocycles. The van der Waals surface area contributed by atoms with Crippen LogP contribution in [0.25, 0.3) is 11.0 Å². The van der Waals surface area contributed by atoms with Gasteiger partial charge in [0.05, 0.1) is 17.3 Å². The summed E-state index contributed by atoms with van der Waals surface area (Å²) in [6.07, 6.45) is 4.07. The number of nitrogens with two attached hydrogens (primary N) is 1. The van der Waals surface area contributed by atoms with Gasteiger partial charge in [0.1, 0.15) is 5.82 Å². The second-order valence-corrected chi connectivity index (χ2v) is 8.59. The van der Waals surface area contributed by atoms with E-state index in [1.807, 2.05) is 6.92 Å². The Bertz CT molecular complexity index is 849. The van der Waals surface area contributed by atoms with Crippen molar-refractivity contribution in [2.45, 2.75) is 26.2 Å². The van der Waals surface area contributed by atoms with Crippen LogP contribution in [0.2, 0.25) is 0 Å². The van der Waals surface area contributed by atoms with E-state index in [-0.39, 0.29) is 11.7 Å². The molecule has 0 spiro atoms. The minimum Gasteiger partial charge on any atom is -0.383 e. The molecule has 3 rings (SSSR count). The number of aromatic nitrogens is 4. The predicted molar refractivity (Wildman–Crippen MR) is 97.6 cm³/mol. The third-order valence-electron chi connectivity index (χ3n) is 4.57. The van der Waals surface area contributed by atoms with E-state index in [4.69, 9.17) is 5.73 Å². The van der Waals surface area contributed by atoms with Gasteiger partial charge in [0.25, 0.3) is 0 Å². The molecule has 0 aromatic carbocycles. The minimum absolute atomic E-state index is 0.237. The fourth-order valence-electron chi connectivity index (χ4n) is 3.03. The molecule has 3 N–H and O–H groups in total. The second-order valence-electron chi connectivity index (χ2n) is 6.50. The van der Waals surface area contributed by atoms with Crippen molar-refractivity contribution in [3.63, 3.8) is 0 Å². The van der Waals surface area contributed by atoms with E-state index < -0.39 is 10.0 Å². The first-order valence-corrected chi connectivity index (χ1v) is 10.2. The Morgan fingerprint density at radius 2 is 2.20 bits per heavy atom. The van der Waals surface area contributed by atoms with Crippen molar-refractivity contribution in [1.82, 2.24) is 24.1 Å². The van der Waals surface area contributed by atoms with E-state index in [0.717, 1.165) is 18.2 Å². The van der Waals surface area contributed by atoms with Gasteiger partial charge in [-0.2, -0.15) is 15.1 Å². The summed E-state index contributed by atoms with van der Waals surface area (Å²) in [5.41, 5.74) is 6.62. The average Bonchev–Trinajstić information content (AvgIpc) is 3.19. The third kappa shape index (κ3) is 3.84. The van der Waals surface area contributed by atoms with E-state index in [9.17, 15) is 8.42 Å². The van der Waals surface area contributed by atoms with Gasteiger partial charge in [-0.05, 0) is 18.8 Å². The lowest BCUT2D eigenvalue weighted by Gasteiger charge is -2.16. The lowest BCUT2D eigenvalue weighted by molar-refractivity contribution is 0.459. The molecule has 10 heteroatoms. The number of hydrogen-bond acceptors (Lipinski definition) is 7. The third-order valence-corrected chi connectivity index (χ3v) is 6.49. The van der Waals surface area contributed by atoms with Crippen molar-refractivity contribution in [3.05, 3.63) is 6.20 Å². The maximum atomic E-state index is 12.3. The van der Waals surface area contributed by atoms with Gasteiger partial charge in [0, 0.05) is 26.7 Å². The number of anilines is 2. The summed E-state index contributed by atoms with van der Waals surface area (Å²) >= 11 is 0. The number of aryl methyl sites for hydroxylation is 1. The monoisotopic (exact) mass is 367 g/mol. The van der Waals surface area contributed by atoms with E-state index in [0.29, 0.717) is 43.5 Å². The SMILES string of the molecule is CCCCS(=O)(=O)N1CCC(CNc2nc(N)c3cnn(C)c3n2)C1. The summed E-state index contributed by atoms with van der Waals surface area (Å²) in [4.78, 5) is 8.69. The highest BCUT2D eigenvalue weighted by molar-refractivity contribution is 7.89. The van der Waals surface area contributed by atoms with E-state index in [1.54, 1.807) is 22.2 Å². The van der Waals surface area contributed by atoms with Crippen molar-refractivity contribution < 1.29 is 8.42 Å². The number of nitrogens with one attached hydrogen (secondary N) is 1. The van der Waals surface area contributed by atoms with E-state index in [1.165, 1.54) is 0 Å². The average molecular weight is 367 g/mol. The number of nitrogen functional groups attached to an aromatic ring is 1. The molecule has 0 aliphatic carbocycles. The van der Waals surface area contributed by atoms with Crippen LogP contribution in [0, 0.1) is 5.92 Å². The van der Waals surface area contributed by atoms with Crippen molar-refractivity contribution in [3.8, 4) is 0 Å². The smallest absolute Gasteiger partial charge is 0.226 e. The van der Waals surface area contributed by atoms with Crippen LogP contribution in [0.4, 0.5) is 11.8 Å². The van der Waals surface area contributed by atoms with Crippen LogP contribution in [0.15, 0.2) is 6.20 Å². The number of rotatable bonds is 7. The molecule has 1 saturated heterocycles. The highest BCUT2D eigenvalue weighted by atomic mass is 32.2. The lowest BCUT2D eigenvalue weighted by Crippen LogP contribution is -2.31. The molecule has 2 aromatic heterocycles. The normalized spacial score (nSPS) is 18.9. The molecule has 9 nitrogen and oxygen atoms in total. The molecule has 3 heterocycles. The summed E-state index contributed by atoms with van der Waals surface area (Å²) in [6, 6.07) is 0. The Kier molecular flexibility index (Phi) is 5.09. The van der Waals surface area contributed by atoms with Crippen LogP contribution in [-0.2, 0) is 17.1 Å². The molecule has 1 unspecified atom stereocenters. The van der Waals surface area contributed by atoms with Crippen LogP contribution in [0.5, 0.6) is 0 Å². The Balaban J connectivity index is 1.61. The molecule has 0 bridgehead atoms. The molecular weight excluding hydrogens is 342 g/mol. The zero-order chi connectivity index (χ0) is 18.0. The van der Waals surface area contributed by atoms with Gasteiger partial charge in [-0.1, -0.05) is 13.3 Å². The first-order chi connectivity index (χ1) is 11.9. The van der Waals surface area contributed by atoms with Gasteiger partial charge in [-0.25, -0.2) is 12.7 Å². The highest BCUT2D eigenvalue weighted by Gasteiger charge is 2.30. The van der Waals surface area contributed by atoms with Crippen molar-refractivity contribution in [2.24, 2.45) is 13.0 Å². The van der Waals surface area contributed by atoms with Crippen LogP contribution >= 0.6 is 0 Å². The quantitative estimate of drug-likeness (QED) is 0.743. The summed E-state index contributed by atoms with van der Waals surface area (Å²) in [5, 5.41) is 8.04. The number of fused-ring (bicyclic) bond motifs is 1. The number of nitrogens with zero attached hydrogens (tertiary/aromatic N) is 5. The van der Waals surface area contributed by atoms with Crippen LogP contribution < -0.4 is 11.1 Å². The maximum Gasteiger partial charge on any atom is 0.226 e. The summed E-state index contributed by atoms with van der Waals surface area (Å²) < 4.78 is 27.8. The van der Waals surface area contributed by atoms with Gasteiger partial charge >= 0.3 is 0 Å². The lowest BCUT2D eigenvalue weighted by atomic mass is 10.1. The molecule has 2 aromatic rings. The molecule has 1 aliphatic rings. The first kappa shape index (κ1) is 17.9. The molecule has 0 amide bonds. The standard InChI is InChI=1S/C15H25N7O2S/c1-3-4-7-25(23,24)22-6-5-11(10-22)8-17-15-19-13(16)12-9-18-21(2)14(12)20-15/h9,11H,3-8,10H2,1-2H3,(H3,16,17,19,20). The maximum absolute atomic E-state index is 12.3. The van der Waals surface area contributed by atoms with Gasteiger partial charge < -0.3 is 11.1 Å². The molecular formula is C15H25N7O2S. The fourth-order valence-corrected chi connectivity index (χ4v) is 4.76. The number of hydrogen-bond donors (Lipinski definition) is 2. The first-order valence-electron chi connectivity index (χ1n) is 8.57. The fraction of sp³-hybridized carbons (Fsp3) is 0.667. The van der Waals surface area contributed by atoms with Crippen molar-refractivity contribution >= 4 is 32.8 Å². The van der Waals surface area contributed by atoms with Crippen molar-refractivity contribution in [1.29, 1.82) is 0 Å². The molecule has 0 radical (unpaired) electrons. The van der Waals surface area contributed by atoms with Crippen molar-refractivity contribution in [2.75, 3.05) is 36.4 Å². The second kappa shape index (κ2) is 7.12. The molecule has 138 valence electrons. The highest BCUT2D eigenvalue weighted by Crippen LogP contribution is 2.22. The van der Waals surface area contributed by atoms with Gasteiger partial charge in [-0.3, -0.25) is 4.68 Å². The summed E-state index contributed by atoms with van der Waals surface area (Å²) in [7, 11) is -1.33. The van der Waals surface area contributed by atoms with Gasteiger partial charge in [-0.15, -0.1) is 0 Å². The summed E-state index contributed by atoms with van der Waals surface area (Å²) in [6.45, 7) is 3.74. The molecule has 1 atom stereocenters. The molecule has 1 aliphatic heterocycles. The number of sulfonamides is 1. The Morgan fingerprint density at radius 3 is 2.96 bits per heavy atom. The van der Waals surface area contributed by atoms with Gasteiger partial charge in [0.15, 0.2) is 5.65 Å². The van der Waals surface area contributed by atoms with Crippen LogP contribution in [-0.4, -0.2) is 57.9 Å². The molecule has 25 heavy (non-hydrogen) atoms. The minimum atomic E-state index is -3.13. The zero-order valence-corrected chi connectivity index (χ0v) is 15.5.